The molecular formula is C27H29F4N5O3. The number of benzene rings is 2. The van der Waals surface area contributed by atoms with Gasteiger partial charge in [-0.3, -0.25) is 4.90 Å². The highest BCUT2D eigenvalue weighted by atomic mass is 19.3. The van der Waals surface area contributed by atoms with Crippen LogP contribution >= 0.6 is 0 Å². The molecule has 0 unspecified atom stereocenters. The van der Waals surface area contributed by atoms with Crippen LogP contribution in [0.3, 0.4) is 0 Å². The van der Waals surface area contributed by atoms with Crippen LogP contribution in [-0.2, 0) is 22.3 Å². The van der Waals surface area contributed by atoms with Crippen LogP contribution in [0.4, 0.5) is 17.6 Å². The summed E-state index contributed by atoms with van der Waals surface area (Å²) in [6.07, 6.45) is 1.46. The summed E-state index contributed by atoms with van der Waals surface area (Å²) in [6.45, 7) is 3.78. The lowest BCUT2D eigenvalue weighted by Crippen LogP contribution is -2.76. The van der Waals surface area contributed by atoms with Crippen LogP contribution in [0.5, 0.6) is 5.75 Å². The third-order valence-electron chi connectivity index (χ3n) is 8.62. The van der Waals surface area contributed by atoms with Gasteiger partial charge in [0.15, 0.2) is 5.60 Å². The molecule has 3 aromatic rings. The molecule has 208 valence electrons. The molecule has 3 saturated carbocycles. The minimum absolute atomic E-state index is 0.130. The molecule has 2 aromatic carbocycles. The Bertz CT molecular complexity index is 1300. The Balaban J connectivity index is 1.16. The van der Waals surface area contributed by atoms with Gasteiger partial charge in [-0.15, -0.1) is 5.10 Å². The highest BCUT2D eigenvalue weighted by molar-refractivity contribution is 5.44. The molecule has 1 saturated heterocycles. The zero-order valence-corrected chi connectivity index (χ0v) is 21.2. The molecule has 2 bridgehead atoms. The third kappa shape index (κ3) is 4.29. The van der Waals surface area contributed by atoms with Crippen molar-refractivity contribution in [3.8, 4) is 5.75 Å². The molecule has 12 heteroatoms. The molecule has 1 aliphatic heterocycles. The minimum atomic E-state index is -3.76. The normalized spacial score (nSPS) is 26.4. The number of hydrogen-bond donors (Lipinski definition) is 1. The fraction of sp³-hybridized carbons (Fsp3) is 0.519. The monoisotopic (exact) mass is 547 g/mol. The van der Waals surface area contributed by atoms with E-state index in [4.69, 9.17) is 9.47 Å². The van der Waals surface area contributed by atoms with E-state index in [0.29, 0.717) is 18.4 Å². The maximum Gasteiger partial charge on any atom is 0.287 e. The van der Waals surface area contributed by atoms with Crippen molar-refractivity contribution >= 4 is 0 Å². The fourth-order valence-corrected chi connectivity index (χ4v) is 6.55. The molecule has 0 amide bonds. The van der Waals surface area contributed by atoms with Crippen molar-refractivity contribution in [3.63, 3.8) is 0 Å². The average molecular weight is 548 g/mol. The van der Waals surface area contributed by atoms with Gasteiger partial charge < -0.3 is 14.6 Å². The minimum Gasteiger partial charge on any atom is -0.492 e. The Labute approximate surface area is 222 Å². The van der Waals surface area contributed by atoms with Gasteiger partial charge in [0.05, 0.1) is 19.8 Å². The molecule has 8 nitrogen and oxygen atoms in total. The van der Waals surface area contributed by atoms with E-state index < -0.39 is 46.1 Å². The number of nitrogens with zero attached hydrogens (tertiary/aromatic N) is 5. The van der Waals surface area contributed by atoms with Crippen LogP contribution in [0.1, 0.15) is 30.4 Å². The summed E-state index contributed by atoms with van der Waals surface area (Å²) in [5.74, 6) is -5.23. The number of alkyl halides is 2. The van der Waals surface area contributed by atoms with E-state index in [-0.39, 0.29) is 19.3 Å². The highest BCUT2D eigenvalue weighted by Gasteiger charge is 2.82. The summed E-state index contributed by atoms with van der Waals surface area (Å²) < 4.78 is 73.1. The van der Waals surface area contributed by atoms with E-state index in [1.54, 1.807) is 0 Å². The second-order valence-corrected chi connectivity index (χ2v) is 11.0. The number of aromatic nitrogens is 4. The zero-order valence-electron chi connectivity index (χ0n) is 21.2. The molecule has 7 rings (SSSR count). The summed E-state index contributed by atoms with van der Waals surface area (Å²) in [6, 6.07) is 9.71. The predicted octanol–water partition coefficient (Wildman–Crippen LogP) is 3.31. The van der Waals surface area contributed by atoms with Crippen molar-refractivity contribution in [1.82, 2.24) is 25.1 Å². The van der Waals surface area contributed by atoms with Crippen LogP contribution in [0.2, 0.25) is 0 Å². The lowest BCUT2D eigenvalue weighted by Gasteiger charge is -2.74. The predicted molar refractivity (Wildman–Crippen MR) is 130 cm³/mol. The Kier molecular flexibility index (Phi) is 6.39. The van der Waals surface area contributed by atoms with E-state index in [1.807, 2.05) is 24.3 Å². The average Bonchev–Trinajstić information content (AvgIpc) is 3.36. The van der Waals surface area contributed by atoms with Crippen LogP contribution in [-0.4, -0.2) is 75.6 Å². The molecule has 4 fully saturated rings. The molecule has 1 N–H and O–H groups in total. The number of ether oxygens (including phenoxy) is 2. The molecule has 1 atom stereocenters. The van der Waals surface area contributed by atoms with E-state index in [1.165, 1.54) is 0 Å². The maximum absolute atomic E-state index is 16.3. The first-order chi connectivity index (χ1) is 18.7. The topological polar surface area (TPSA) is 85.5 Å². The number of morpholine rings is 1. The van der Waals surface area contributed by atoms with Crippen molar-refractivity contribution in [2.45, 2.75) is 42.7 Å². The molecule has 2 heterocycles. The van der Waals surface area contributed by atoms with Gasteiger partial charge in [-0.1, -0.05) is 12.1 Å². The van der Waals surface area contributed by atoms with Gasteiger partial charge in [0.2, 0.25) is 0 Å². The van der Waals surface area contributed by atoms with Gasteiger partial charge in [-0.05, 0) is 64.9 Å². The lowest BCUT2D eigenvalue weighted by atomic mass is 9.30. The molecule has 0 radical (unpaired) electrons. The van der Waals surface area contributed by atoms with Gasteiger partial charge in [-0.25, -0.2) is 22.2 Å². The second-order valence-electron chi connectivity index (χ2n) is 11.0. The number of rotatable bonds is 10. The highest BCUT2D eigenvalue weighted by Crippen LogP contribution is 2.80. The number of hydrogen-bond acceptors (Lipinski definition) is 7. The van der Waals surface area contributed by atoms with Gasteiger partial charge in [0, 0.05) is 36.7 Å². The largest absolute Gasteiger partial charge is 0.492 e. The summed E-state index contributed by atoms with van der Waals surface area (Å²) in [7, 11) is 0. The number of aliphatic hydroxyl groups is 1. The van der Waals surface area contributed by atoms with Crippen LogP contribution in [0, 0.1) is 17.0 Å². The Morgan fingerprint density at radius 3 is 2.38 bits per heavy atom. The summed E-state index contributed by atoms with van der Waals surface area (Å²) in [4.78, 5) is 2.28. The Hall–Kier alpha value is -3.09. The molecule has 4 aliphatic rings. The van der Waals surface area contributed by atoms with Crippen molar-refractivity contribution in [1.29, 1.82) is 0 Å². The maximum atomic E-state index is 16.3. The second kappa shape index (κ2) is 9.53. The molecule has 1 aromatic heterocycles. The molecule has 3 aliphatic carbocycles. The molecule has 0 spiro atoms. The number of halogens is 4. The van der Waals surface area contributed by atoms with Gasteiger partial charge in [0.1, 0.15) is 30.3 Å². The first-order valence-electron chi connectivity index (χ1n) is 13.0. The van der Waals surface area contributed by atoms with Crippen molar-refractivity contribution < 1.29 is 32.1 Å². The lowest BCUT2D eigenvalue weighted by molar-refractivity contribution is -0.347. The van der Waals surface area contributed by atoms with Crippen LogP contribution in [0.25, 0.3) is 0 Å². The van der Waals surface area contributed by atoms with E-state index in [2.05, 4.69) is 20.4 Å². The van der Waals surface area contributed by atoms with E-state index in [9.17, 15) is 13.9 Å². The molecule has 39 heavy (non-hydrogen) atoms. The first-order valence-corrected chi connectivity index (χ1v) is 13.0. The Morgan fingerprint density at radius 2 is 1.74 bits per heavy atom. The van der Waals surface area contributed by atoms with E-state index in [0.717, 1.165) is 61.6 Å². The standard InChI is InChI=1S/C27H29F4N5O3/c28-20-3-6-22(23(29)13-20)26(37,17-36-18-32-33-34-36)27(30,31)25-14-24(15-25,16-25)19-1-4-21(5-2-19)39-12-9-35-7-10-38-11-8-35/h1-6,13,18,37H,7-12,14-17H2/t24?,25?,26-/m1/s1. The molecular weight excluding hydrogens is 518 g/mol. The third-order valence-corrected chi connectivity index (χ3v) is 8.62. The smallest absolute Gasteiger partial charge is 0.287 e. The summed E-state index contributed by atoms with van der Waals surface area (Å²) >= 11 is 0. The van der Waals surface area contributed by atoms with Crippen LogP contribution < -0.4 is 4.74 Å². The Morgan fingerprint density at radius 1 is 1.03 bits per heavy atom. The van der Waals surface area contributed by atoms with Gasteiger partial charge in [-0.2, -0.15) is 0 Å². The summed E-state index contributed by atoms with van der Waals surface area (Å²) in [5.41, 5.74) is -4.73. The van der Waals surface area contributed by atoms with Gasteiger partial charge in [0.25, 0.3) is 5.92 Å². The van der Waals surface area contributed by atoms with Crippen molar-refractivity contribution in [3.05, 3.63) is 71.6 Å². The van der Waals surface area contributed by atoms with Crippen molar-refractivity contribution in [2.75, 3.05) is 39.5 Å². The zero-order chi connectivity index (χ0) is 27.3. The fourth-order valence-electron chi connectivity index (χ4n) is 6.55. The number of tetrazole rings is 1. The summed E-state index contributed by atoms with van der Waals surface area (Å²) in [5, 5.41) is 21.9. The first kappa shape index (κ1) is 26.1. The van der Waals surface area contributed by atoms with Crippen molar-refractivity contribution in [2.24, 2.45) is 5.41 Å². The quantitative estimate of drug-likeness (QED) is 0.390. The van der Waals surface area contributed by atoms with E-state index >= 15 is 8.78 Å². The van der Waals surface area contributed by atoms with Crippen LogP contribution in [0.15, 0.2) is 48.8 Å². The van der Waals surface area contributed by atoms with Gasteiger partial charge >= 0.3 is 0 Å². The SMILES string of the molecule is O[C@](Cn1cnnn1)(c1ccc(F)cc1F)C(F)(F)C12CC(c3ccc(OCCN4CCOCC4)cc3)(C1)C2.